The van der Waals surface area contributed by atoms with Gasteiger partial charge >= 0.3 is 0 Å². The van der Waals surface area contributed by atoms with Gasteiger partial charge in [-0.15, -0.1) is 0 Å². The van der Waals surface area contributed by atoms with E-state index in [1.807, 2.05) is 0 Å². The standard InChI is InChI=1S/C10H17N3O2/c1-2-13(5-6-14)7-9-11-10(15-12-9)8-3-4-8/h8,14H,2-7H2,1H3. The Kier molecular flexibility index (Phi) is 3.33. The molecule has 1 aromatic rings. The van der Waals surface area contributed by atoms with E-state index in [9.17, 15) is 0 Å². The van der Waals surface area contributed by atoms with Gasteiger partial charge in [0.2, 0.25) is 5.89 Å². The van der Waals surface area contributed by atoms with Crippen LogP contribution in [0.4, 0.5) is 0 Å². The zero-order valence-corrected chi connectivity index (χ0v) is 9.02. The summed E-state index contributed by atoms with van der Waals surface area (Å²) in [4.78, 5) is 6.43. The molecule has 0 radical (unpaired) electrons. The van der Waals surface area contributed by atoms with E-state index in [0.29, 0.717) is 19.0 Å². The molecule has 0 atom stereocenters. The second-order valence-electron chi connectivity index (χ2n) is 3.92. The van der Waals surface area contributed by atoms with Crippen LogP contribution in [0, 0.1) is 0 Å². The second kappa shape index (κ2) is 4.72. The first kappa shape index (κ1) is 10.6. The lowest BCUT2D eigenvalue weighted by molar-refractivity contribution is 0.192. The van der Waals surface area contributed by atoms with Gasteiger partial charge in [-0.3, -0.25) is 4.90 Å². The van der Waals surface area contributed by atoms with E-state index in [1.165, 1.54) is 12.8 Å². The Hall–Kier alpha value is -0.940. The predicted molar refractivity (Wildman–Crippen MR) is 54.3 cm³/mol. The molecule has 0 spiro atoms. The first-order valence-electron chi connectivity index (χ1n) is 5.49. The molecular weight excluding hydrogens is 194 g/mol. The first-order chi connectivity index (χ1) is 7.33. The Bertz CT molecular complexity index is 309. The number of nitrogens with zero attached hydrogens (tertiary/aromatic N) is 3. The molecule has 5 nitrogen and oxygen atoms in total. The summed E-state index contributed by atoms with van der Waals surface area (Å²) in [6, 6.07) is 0. The van der Waals surface area contributed by atoms with Gasteiger partial charge in [-0.1, -0.05) is 12.1 Å². The molecule has 5 heteroatoms. The molecule has 1 aliphatic carbocycles. The summed E-state index contributed by atoms with van der Waals surface area (Å²) in [5.74, 6) is 2.02. The molecule has 1 N–H and O–H groups in total. The average Bonchev–Trinajstić information content (AvgIpc) is 2.99. The molecule has 2 rings (SSSR count). The Balaban J connectivity index is 1.90. The number of aliphatic hydroxyl groups is 1. The van der Waals surface area contributed by atoms with E-state index in [1.54, 1.807) is 0 Å². The maximum absolute atomic E-state index is 8.84. The Labute approximate surface area is 89.1 Å². The highest BCUT2D eigenvalue weighted by Gasteiger charge is 2.29. The van der Waals surface area contributed by atoms with Gasteiger partial charge in [0.25, 0.3) is 0 Å². The monoisotopic (exact) mass is 211 g/mol. The molecule has 1 fully saturated rings. The van der Waals surface area contributed by atoms with Crippen LogP contribution in [0.15, 0.2) is 4.52 Å². The van der Waals surface area contributed by atoms with Gasteiger partial charge in [0.15, 0.2) is 5.82 Å². The molecule has 1 aromatic heterocycles. The minimum Gasteiger partial charge on any atom is -0.395 e. The minimum absolute atomic E-state index is 0.168. The van der Waals surface area contributed by atoms with Crippen LogP contribution >= 0.6 is 0 Å². The summed E-state index contributed by atoms with van der Waals surface area (Å²) in [5, 5.41) is 12.8. The Morgan fingerprint density at radius 1 is 1.53 bits per heavy atom. The van der Waals surface area contributed by atoms with E-state index < -0.39 is 0 Å². The van der Waals surface area contributed by atoms with Crippen LogP contribution in [-0.2, 0) is 6.54 Å². The number of likely N-dealkylation sites (N-methyl/N-ethyl adjacent to an activating group) is 1. The van der Waals surface area contributed by atoms with E-state index in [2.05, 4.69) is 22.0 Å². The van der Waals surface area contributed by atoms with Gasteiger partial charge in [-0.2, -0.15) is 4.98 Å². The van der Waals surface area contributed by atoms with Crippen molar-refractivity contribution < 1.29 is 9.63 Å². The lowest BCUT2D eigenvalue weighted by Crippen LogP contribution is -2.26. The second-order valence-corrected chi connectivity index (χ2v) is 3.92. The predicted octanol–water partition coefficient (Wildman–Crippen LogP) is 0.761. The van der Waals surface area contributed by atoms with Crippen molar-refractivity contribution in [2.24, 2.45) is 0 Å². The molecule has 1 heterocycles. The zero-order valence-electron chi connectivity index (χ0n) is 9.02. The van der Waals surface area contributed by atoms with Crippen molar-refractivity contribution >= 4 is 0 Å². The quantitative estimate of drug-likeness (QED) is 0.752. The van der Waals surface area contributed by atoms with E-state index in [-0.39, 0.29) is 6.61 Å². The fourth-order valence-electron chi connectivity index (χ4n) is 1.52. The highest BCUT2D eigenvalue weighted by molar-refractivity contribution is 5.01. The van der Waals surface area contributed by atoms with Crippen LogP contribution in [0.3, 0.4) is 0 Å². The van der Waals surface area contributed by atoms with Crippen LogP contribution in [0.25, 0.3) is 0 Å². The fraction of sp³-hybridized carbons (Fsp3) is 0.800. The molecule has 84 valence electrons. The fourth-order valence-corrected chi connectivity index (χ4v) is 1.52. The van der Waals surface area contributed by atoms with Gasteiger partial charge in [-0.25, -0.2) is 0 Å². The average molecular weight is 211 g/mol. The summed E-state index contributed by atoms with van der Waals surface area (Å²) in [5.41, 5.74) is 0. The molecule has 15 heavy (non-hydrogen) atoms. The highest BCUT2D eigenvalue weighted by Crippen LogP contribution is 2.38. The molecule has 1 aliphatic rings. The van der Waals surface area contributed by atoms with Gasteiger partial charge in [0.05, 0.1) is 13.2 Å². The molecule has 0 bridgehead atoms. The van der Waals surface area contributed by atoms with Crippen molar-refractivity contribution in [3.63, 3.8) is 0 Å². The van der Waals surface area contributed by atoms with Crippen molar-refractivity contribution in [1.29, 1.82) is 0 Å². The summed E-state index contributed by atoms with van der Waals surface area (Å²) in [6.07, 6.45) is 2.35. The van der Waals surface area contributed by atoms with E-state index >= 15 is 0 Å². The Morgan fingerprint density at radius 3 is 2.93 bits per heavy atom. The molecular formula is C10H17N3O2. The minimum atomic E-state index is 0.168. The molecule has 0 aliphatic heterocycles. The van der Waals surface area contributed by atoms with Crippen LogP contribution in [0.5, 0.6) is 0 Å². The summed E-state index contributed by atoms with van der Waals surface area (Å²) in [6.45, 7) is 4.42. The third-order valence-corrected chi connectivity index (χ3v) is 2.64. The van der Waals surface area contributed by atoms with E-state index in [4.69, 9.17) is 9.63 Å². The SMILES string of the molecule is CCN(CCO)Cc1noc(C2CC2)n1. The molecule has 0 aromatic carbocycles. The molecule has 1 saturated carbocycles. The number of aromatic nitrogens is 2. The van der Waals surface area contributed by atoms with Gasteiger partial charge in [-0.05, 0) is 19.4 Å². The van der Waals surface area contributed by atoms with Crippen molar-refractivity contribution in [3.05, 3.63) is 11.7 Å². The van der Waals surface area contributed by atoms with Crippen molar-refractivity contribution in [2.75, 3.05) is 19.7 Å². The lowest BCUT2D eigenvalue weighted by atomic mass is 10.4. The van der Waals surface area contributed by atoms with Crippen LogP contribution < -0.4 is 0 Å². The van der Waals surface area contributed by atoms with Crippen LogP contribution in [0.1, 0.15) is 37.4 Å². The third-order valence-electron chi connectivity index (χ3n) is 2.64. The molecule has 0 amide bonds. The first-order valence-corrected chi connectivity index (χ1v) is 5.49. The number of aliphatic hydroxyl groups excluding tert-OH is 1. The van der Waals surface area contributed by atoms with Gasteiger partial charge < -0.3 is 9.63 Å². The van der Waals surface area contributed by atoms with Crippen LogP contribution in [-0.4, -0.2) is 39.8 Å². The molecule has 0 unspecified atom stereocenters. The highest BCUT2D eigenvalue weighted by atomic mass is 16.5. The third kappa shape index (κ3) is 2.76. The number of hydrogen-bond donors (Lipinski definition) is 1. The number of hydrogen-bond acceptors (Lipinski definition) is 5. The smallest absolute Gasteiger partial charge is 0.229 e. The Morgan fingerprint density at radius 2 is 2.33 bits per heavy atom. The van der Waals surface area contributed by atoms with E-state index in [0.717, 1.165) is 18.3 Å². The zero-order chi connectivity index (χ0) is 10.7. The normalized spacial score (nSPS) is 16.2. The topological polar surface area (TPSA) is 62.4 Å². The van der Waals surface area contributed by atoms with Gasteiger partial charge in [0.1, 0.15) is 0 Å². The summed E-state index contributed by atoms with van der Waals surface area (Å²) >= 11 is 0. The summed E-state index contributed by atoms with van der Waals surface area (Å²) in [7, 11) is 0. The largest absolute Gasteiger partial charge is 0.395 e. The van der Waals surface area contributed by atoms with Crippen molar-refractivity contribution in [3.8, 4) is 0 Å². The van der Waals surface area contributed by atoms with Crippen LogP contribution in [0.2, 0.25) is 0 Å². The lowest BCUT2D eigenvalue weighted by Gasteiger charge is -2.16. The molecule has 0 saturated heterocycles. The van der Waals surface area contributed by atoms with Crippen molar-refractivity contribution in [1.82, 2.24) is 15.0 Å². The maximum atomic E-state index is 8.84. The van der Waals surface area contributed by atoms with Crippen molar-refractivity contribution in [2.45, 2.75) is 32.2 Å². The summed E-state index contributed by atoms with van der Waals surface area (Å²) < 4.78 is 5.16. The maximum Gasteiger partial charge on any atom is 0.229 e. The van der Waals surface area contributed by atoms with Gasteiger partial charge in [0, 0.05) is 12.5 Å². The number of rotatable bonds is 6.